The molecule has 0 N–H and O–H groups in total. The van der Waals surface area contributed by atoms with Gasteiger partial charge >= 0.3 is 5.97 Å². The maximum atomic E-state index is 12.3. The van der Waals surface area contributed by atoms with Gasteiger partial charge in [-0.1, -0.05) is 34.1 Å². The molecular weight excluding hydrogens is 705 g/mol. The molecule has 0 unspecified atom stereocenters. The molecular formula is C23H13Br3INO3. The normalized spacial score (nSPS) is 14.5. The Balaban J connectivity index is 1.56. The van der Waals surface area contributed by atoms with Gasteiger partial charge in [0, 0.05) is 19.2 Å². The van der Waals surface area contributed by atoms with Gasteiger partial charge in [-0.05, 0) is 109 Å². The molecule has 1 aliphatic heterocycles. The molecule has 0 atom stereocenters. The summed E-state index contributed by atoms with van der Waals surface area (Å²) in [5.41, 5.74) is 2.83. The van der Waals surface area contributed by atoms with Gasteiger partial charge in [0.05, 0.1) is 8.95 Å². The van der Waals surface area contributed by atoms with Gasteiger partial charge in [0.25, 0.3) is 0 Å². The summed E-state index contributed by atoms with van der Waals surface area (Å²) in [6, 6.07) is 19.3. The van der Waals surface area contributed by atoms with Gasteiger partial charge in [-0.3, -0.25) is 0 Å². The minimum absolute atomic E-state index is 0.245. The van der Waals surface area contributed by atoms with Crippen LogP contribution in [0.3, 0.4) is 0 Å². The number of carbonyl (C=O) groups is 1. The van der Waals surface area contributed by atoms with Crippen molar-refractivity contribution in [3.63, 3.8) is 0 Å². The molecule has 1 aliphatic rings. The van der Waals surface area contributed by atoms with Crippen molar-refractivity contribution in [2.45, 2.75) is 6.61 Å². The standard InChI is InChI=1S/C23H13Br3INO3/c24-17-4-2-1-3-15(17)12-30-21-18(25)9-13(10-19(21)26)11-20-23(29)31-22(28-20)14-5-7-16(27)8-6-14/h1-11H,12H2/b20-11-. The highest BCUT2D eigenvalue weighted by Crippen LogP contribution is 2.36. The third-order valence-corrected chi connectivity index (χ3v) is 7.04. The zero-order valence-electron chi connectivity index (χ0n) is 15.7. The molecule has 156 valence electrons. The Labute approximate surface area is 218 Å². The molecule has 0 fully saturated rings. The molecule has 0 spiro atoms. The van der Waals surface area contributed by atoms with E-state index in [0.717, 1.165) is 33.7 Å². The fourth-order valence-corrected chi connectivity index (χ4v) is 5.06. The maximum Gasteiger partial charge on any atom is 0.363 e. The molecule has 4 nitrogen and oxygen atoms in total. The Bertz CT molecular complexity index is 1200. The van der Waals surface area contributed by atoms with Crippen LogP contribution in [0.25, 0.3) is 6.08 Å². The third kappa shape index (κ3) is 5.47. The van der Waals surface area contributed by atoms with Crippen molar-refractivity contribution in [3.8, 4) is 5.75 Å². The van der Waals surface area contributed by atoms with Crippen LogP contribution in [0.5, 0.6) is 5.75 Å². The summed E-state index contributed by atoms with van der Waals surface area (Å²) in [5, 5.41) is 0. The first-order valence-electron chi connectivity index (χ1n) is 9.04. The van der Waals surface area contributed by atoms with E-state index in [9.17, 15) is 4.79 Å². The quantitative estimate of drug-likeness (QED) is 0.156. The SMILES string of the molecule is O=C1OC(c2ccc(I)cc2)=N/C1=C\c1cc(Br)c(OCc2ccccc2Br)c(Br)c1. The summed E-state index contributed by atoms with van der Waals surface area (Å²) < 4.78 is 14.9. The molecule has 0 aliphatic carbocycles. The molecule has 0 saturated heterocycles. The average Bonchev–Trinajstić information content (AvgIpc) is 3.09. The largest absolute Gasteiger partial charge is 0.486 e. The smallest absolute Gasteiger partial charge is 0.363 e. The summed E-state index contributed by atoms with van der Waals surface area (Å²) in [6.45, 7) is 0.412. The minimum Gasteiger partial charge on any atom is -0.486 e. The molecule has 0 bridgehead atoms. The zero-order valence-corrected chi connectivity index (χ0v) is 22.7. The molecule has 4 rings (SSSR count). The van der Waals surface area contributed by atoms with Crippen LogP contribution in [0.15, 0.2) is 84.8 Å². The highest BCUT2D eigenvalue weighted by molar-refractivity contribution is 14.1. The van der Waals surface area contributed by atoms with Gasteiger partial charge in [0.15, 0.2) is 5.70 Å². The van der Waals surface area contributed by atoms with E-state index >= 15 is 0 Å². The lowest BCUT2D eigenvalue weighted by Gasteiger charge is -2.12. The summed E-state index contributed by atoms with van der Waals surface area (Å²) in [4.78, 5) is 16.7. The van der Waals surface area contributed by atoms with E-state index in [-0.39, 0.29) is 5.70 Å². The lowest BCUT2D eigenvalue weighted by Crippen LogP contribution is -2.05. The minimum atomic E-state index is -0.477. The predicted octanol–water partition coefficient (Wildman–Crippen LogP) is 7.50. The van der Waals surface area contributed by atoms with Crippen molar-refractivity contribution < 1.29 is 14.3 Å². The number of cyclic esters (lactones) is 1. The van der Waals surface area contributed by atoms with E-state index in [1.165, 1.54) is 0 Å². The fraction of sp³-hybridized carbons (Fsp3) is 0.0435. The highest BCUT2D eigenvalue weighted by Gasteiger charge is 2.24. The number of rotatable bonds is 5. The van der Waals surface area contributed by atoms with Gasteiger partial charge in [0.1, 0.15) is 12.4 Å². The number of aliphatic imine (C=N–C) groups is 1. The Morgan fingerprint density at radius 2 is 1.65 bits per heavy atom. The first kappa shape index (κ1) is 22.7. The van der Waals surface area contributed by atoms with Gasteiger partial charge in [0.2, 0.25) is 5.90 Å². The second kappa shape index (κ2) is 9.97. The molecule has 0 saturated carbocycles. The fourth-order valence-electron chi connectivity index (χ4n) is 2.85. The Morgan fingerprint density at radius 3 is 2.32 bits per heavy atom. The van der Waals surface area contributed by atoms with Gasteiger partial charge in [-0.2, -0.15) is 0 Å². The maximum absolute atomic E-state index is 12.3. The van der Waals surface area contributed by atoms with Gasteiger partial charge in [-0.25, -0.2) is 9.79 Å². The van der Waals surface area contributed by atoms with Crippen LogP contribution in [0.4, 0.5) is 0 Å². The second-order valence-corrected chi connectivity index (χ2v) is 10.3. The number of carbonyl (C=O) groups excluding carboxylic acids is 1. The van der Waals surface area contributed by atoms with Gasteiger partial charge < -0.3 is 9.47 Å². The number of esters is 1. The van der Waals surface area contributed by atoms with E-state index < -0.39 is 5.97 Å². The third-order valence-electron chi connectivity index (χ3n) is 4.37. The summed E-state index contributed by atoms with van der Waals surface area (Å²) in [6.07, 6.45) is 1.69. The average molecular weight is 718 g/mol. The molecule has 0 amide bonds. The Kier molecular flexibility index (Phi) is 7.30. The van der Waals surface area contributed by atoms with Crippen molar-refractivity contribution in [2.24, 2.45) is 4.99 Å². The molecule has 8 heteroatoms. The van der Waals surface area contributed by atoms with Crippen LogP contribution in [-0.2, 0) is 16.1 Å². The van der Waals surface area contributed by atoms with E-state index in [1.807, 2.05) is 60.7 Å². The molecule has 1 heterocycles. The van der Waals surface area contributed by atoms with E-state index in [2.05, 4.69) is 75.4 Å². The zero-order chi connectivity index (χ0) is 22.0. The summed E-state index contributed by atoms with van der Waals surface area (Å²) in [7, 11) is 0. The lowest BCUT2D eigenvalue weighted by atomic mass is 10.2. The first-order valence-corrected chi connectivity index (χ1v) is 12.5. The number of halogens is 4. The molecule has 0 aromatic heterocycles. The van der Waals surface area contributed by atoms with Crippen LogP contribution < -0.4 is 4.74 Å². The van der Waals surface area contributed by atoms with Crippen molar-refractivity contribution >= 4 is 88.3 Å². The van der Waals surface area contributed by atoms with E-state index in [4.69, 9.17) is 9.47 Å². The molecule has 31 heavy (non-hydrogen) atoms. The number of hydrogen-bond acceptors (Lipinski definition) is 4. The predicted molar refractivity (Wildman–Crippen MR) is 140 cm³/mol. The number of hydrogen-bond donors (Lipinski definition) is 0. The summed E-state index contributed by atoms with van der Waals surface area (Å²) in [5.74, 6) is 0.504. The van der Waals surface area contributed by atoms with Crippen molar-refractivity contribution in [1.82, 2.24) is 0 Å². The van der Waals surface area contributed by atoms with Crippen molar-refractivity contribution in [2.75, 3.05) is 0 Å². The van der Waals surface area contributed by atoms with Crippen molar-refractivity contribution in [3.05, 3.63) is 100 Å². The van der Waals surface area contributed by atoms with Crippen LogP contribution in [0.1, 0.15) is 16.7 Å². The van der Waals surface area contributed by atoms with Crippen LogP contribution >= 0.6 is 70.4 Å². The van der Waals surface area contributed by atoms with E-state index in [0.29, 0.717) is 18.3 Å². The second-order valence-electron chi connectivity index (χ2n) is 6.54. The summed E-state index contributed by atoms with van der Waals surface area (Å²) >= 11 is 12.9. The van der Waals surface area contributed by atoms with E-state index in [1.54, 1.807) is 6.08 Å². The van der Waals surface area contributed by atoms with Gasteiger partial charge in [-0.15, -0.1) is 0 Å². The van der Waals surface area contributed by atoms with Crippen LogP contribution in [-0.4, -0.2) is 11.9 Å². The lowest BCUT2D eigenvalue weighted by molar-refractivity contribution is -0.129. The molecule has 0 radical (unpaired) electrons. The topological polar surface area (TPSA) is 47.9 Å². The number of nitrogens with zero attached hydrogens (tertiary/aromatic N) is 1. The van der Waals surface area contributed by atoms with Crippen molar-refractivity contribution in [1.29, 1.82) is 0 Å². The molecule has 3 aromatic rings. The Morgan fingerprint density at radius 1 is 0.968 bits per heavy atom. The van der Waals surface area contributed by atoms with Crippen LogP contribution in [0.2, 0.25) is 0 Å². The molecule has 3 aromatic carbocycles. The first-order chi connectivity index (χ1) is 14.9. The number of benzene rings is 3. The van der Waals surface area contributed by atoms with Crippen LogP contribution in [0, 0.1) is 3.57 Å². The highest BCUT2D eigenvalue weighted by atomic mass is 127. The monoisotopic (exact) mass is 715 g/mol. The Hall–Kier alpha value is -1.49. The number of ether oxygens (including phenoxy) is 2.